The lowest BCUT2D eigenvalue weighted by atomic mass is 10.1. The predicted octanol–water partition coefficient (Wildman–Crippen LogP) is 2.22. The molecule has 0 aromatic rings. The summed E-state index contributed by atoms with van der Waals surface area (Å²) >= 11 is 0. The summed E-state index contributed by atoms with van der Waals surface area (Å²) in [6.45, 7) is 4.18. The fourth-order valence-corrected chi connectivity index (χ4v) is 2.19. The highest BCUT2D eigenvalue weighted by molar-refractivity contribution is 5.75. The van der Waals surface area contributed by atoms with Gasteiger partial charge in [0.15, 0.2) is 0 Å². The average molecular weight is 226 g/mol. The van der Waals surface area contributed by atoms with Crippen molar-refractivity contribution in [2.75, 3.05) is 13.1 Å². The minimum absolute atomic E-state index is 0.231. The molecule has 2 N–H and O–H groups in total. The van der Waals surface area contributed by atoms with E-state index in [1.165, 1.54) is 32.1 Å². The van der Waals surface area contributed by atoms with Crippen molar-refractivity contribution in [3.05, 3.63) is 0 Å². The fourth-order valence-electron chi connectivity index (χ4n) is 2.19. The molecule has 0 radical (unpaired) electrons. The number of hydrogen-bond acceptors (Lipinski definition) is 2. The molecule has 0 aromatic heterocycles. The molecule has 16 heavy (non-hydrogen) atoms. The van der Waals surface area contributed by atoms with Gasteiger partial charge in [0.2, 0.25) is 5.91 Å². The molecule has 1 saturated heterocycles. The summed E-state index contributed by atoms with van der Waals surface area (Å²) in [6.07, 6.45) is 9.06. The van der Waals surface area contributed by atoms with Crippen molar-refractivity contribution in [1.29, 1.82) is 0 Å². The zero-order chi connectivity index (χ0) is 11.6. The molecule has 1 rings (SSSR count). The van der Waals surface area contributed by atoms with Crippen LogP contribution in [-0.2, 0) is 4.79 Å². The van der Waals surface area contributed by atoms with Crippen LogP contribution in [0.2, 0.25) is 0 Å². The normalized spacial score (nSPS) is 19.9. The Bertz CT molecular complexity index is 188. The predicted molar refractivity (Wildman–Crippen MR) is 67.4 cm³/mol. The molecular formula is C13H26N2O. The average Bonchev–Trinajstić information content (AvgIpc) is 2.77. The Hall–Kier alpha value is -0.570. The molecular weight excluding hydrogens is 200 g/mol. The van der Waals surface area contributed by atoms with Crippen LogP contribution >= 0.6 is 0 Å². The maximum atomic E-state index is 11.4. The maximum absolute atomic E-state index is 11.4. The fraction of sp³-hybridized carbons (Fsp3) is 0.923. The van der Waals surface area contributed by atoms with Gasteiger partial charge < -0.3 is 10.6 Å². The highest BCUT2D eigenvalue weighted by atomic mass is 16.1. The van der Waals surface area contributed by atoms with E-state index in [0.717, 1.165) is 25.9 Å². The van der Waals surface area contributed by atoms with Crippen LogP contribution in [0.3, 0.4) is 0 Å². The maximum Gasteiger partial charge on any atom is 0.219 e. The van der Waals surface area contributed by atoms with Gasteiger partial charge in [0.1, 0.15) is 0 Å². The summed E-state index contributed by atoms with van der Waals surface area (Å²) in [5, 5.41) is 6.45. The summed E-state index contributed by atoms with van der Waals surface area (Å²) < 4.78 is 0. The first-order valence-corrected chi connectivity index (χ1v) is 6.83. The van der Waals surface area contributed by atoms with Crippen molar-refractivity contribution in [3.8, 4) is 0 Å². The van der Waals surface area contributed by atoms with Gasteiger partial charge in [-0.2, -0.15) is 0 Å². The van der Waals surface area contributed by atoms with Gasteiger partial charge in [-0.15, -0.1) is 0 Å². The molecule has 0 saturated carbocycles. The van der Waals surface area contributed by atoms with Gasteiger partial charge in [0.25, 0.3) is 0 Å². The molecule has 0 aliphatic carbocycles. The summed E-state index contributed by atoms with van der Waals surface area (Å²) in [5.41, 5.74) is 0. The van der Waals surface area contributed by atoms with Crippen LogP contribution in [0.4, 0.5) is 0 Å². The third kappa shape index (κ3) is 6.11. The molecule has 1 fully saturated rings. The van der Waals surface area contributed by atoms with Crippen molar-refractivity contribution in [1.82, 2.24) is 10.6 Å². The number of amides is 1. The zero-order valence-electron chi connectivity index (χ0n) is 10.6. The lowest BCUT2D eigenvalue weighted by Gasteiger charge is -2.10. The topological polar surface area (TPSA) is 41.1 Å². The van der Waals surface area contributed by atoms with E-state index in [-0.39, 0.29) is 5.91 Å². The largest absolute Gasteiger partial charge is 0.356 e. The van der Waals surface area contributed by atoms with Crippen LogP contribution in [0.5, 0.6) is 0 Å². The number of unbranched alkanes of at least 4 members (excludes halogenated alkanes) is 3. The quantitative estimate of drug-likeness (QED) is 0.623. The molecule has 3 nitrogen and oxygen atoms in total. The van der Waals surface area contributed by atoms with Crippen molar-refractivity contribution in [2.24, 2.45) is 0 Å². The minimum atomic E-state index is 0.231. The van der Waals surface area contributed by atoms with Gasteiger partial charge in [0.05, 0.1) is 0 Å². The Labute approximate surface area is 99.4 Å². The van der Waals surface area contributed by atoms with Crippen LogP contribution in [0, 0.1) is 0 Å². The lowest BCUT2D eigenvalue weighted by molar-refractivity contribution is -0.121. The van der Waals surface area contributed by atoms with Crippen LogP contribution in [-0.4, -0.2) is 25.0 Å². The van der Waals surface area contributed by atoms with E-state index in [1.54, 1.807) is 0 Å². The molecule has 3 heteroatoms. The number of rotatable bonds is 8. The first-order valence-electron chi connectivity index (χ1n) is 6.83. The Morgan fingerprint density at radius 1 is 1.38 bits per heavy atom. The molecule has 1 atom stereocenters. The number of nitrogens with one attached hydrogen (secondary N) is 2. The van der Waals surface area contributed by atoms with Crippen molar-refractivity contribution in [2.45, 2.75) is 64.3 Å². The Morgan fingerprint density at radius 3 is 2.94 bits per heavy atom. The molecule has 0 aromatic carbocycles. The molecule has 1 aliphatic heterocycles. The van der Waals surface area contributed by atoms with Crippen LogP contribution in [0.25, 0.3) is 0 Å². The molecule has 1 aliphatic rings. The van der Waals surface area contributed by atoms with Gasteiger partial charge in [-0.1, -0.05) is 26.2 Å². The highest BCUT2D eigenvalue weighted by Crippen LogP contribution is 2.07. The van der Waals surface area contributed by atoms with E-state index in [2.05, 4.69) is 17.6 Å². The van der Waals surface area contributed by atoms with E-state index in [4.69, 9.17) is 0 Å². The molecule has 1 amide bonds. The van der Waals surface area contributed by atoms with Gasteiger partial charge >= 0.3 is 0 Å². The van der Waals surface area contributed by atoms with Crippen molar-refractivity contribution >= 4 is 5.91 Å². The van der Waals surface area contributed by atoms with E-state index >= 15 is 0 Å². The molecule has 0 unspecified atom stereocenters. The van der Waals surface area contributed by atoms with E-state index in [0.29, 0.717) is 12.5 Å². The van der Waals surface area contributed by atoms with E-state index in [9.17, 15) is 4.79 Å². The third-order valence-electron chi connectivity index (χ3n) is 3.23. The lowest BCUT2D eigenvalue weighted by Crippen LogP contribution is -2.30. The van der Waals surface area contributed by atoms with Crippen LogP contribution in [0.15, 0.2) is 0 Å². The van der Waals surface area contributed by atoms with Crippen LogP contribution < -0.4 is 10.6 Å². The standard InChI is InChI=1S/C13H26N2O/c1-2-3-4-5-8-13(16)15-11-9-12-7-6-10-14-12/h12,14H,2-11H2,1H3,(H,15,16)/t12-/m0/s1. The summed E-state index contributed by atoms with van der Waals surface area (Å²) in [6, 6.07) is 0.639. The Balaban J connectivity index is 1.89. The van der Waals surface area contributed by atoms with Crippen molar-refractivity contribution < 1.29 is 4.79 Å². The smallest absolute Gasteiger partial charge is 0.219 e. The highest BCUT2D eigenvalue weighted by Gasteiger charge is 2.13. The first kappa shape index (κ1) is 13.5. The van der Waals surface area contributed by atoms with Crippen LogP contribution in [0.1, 0.15) is 58.3 Å². The Kier molecular flexibility index (Phi) is 7.23. The summed E-state index contributed by atoms with van der Waals surface area (Å²) in [5.74, 6) is 0.231. The second-order valence-electron chi connectivity index (χ2n) is 4.74. The van der Waals surface area contributed by atoms with E-state index in [1.807, 2.05) is 0 Å². The van der Waals surface area contributed by atoms with Gasteiger partial charge in [-0.25, -0.2) is 0 Å². The second-order valence-corrected chi connectivity index (χ2v) is 4.74. The number of carbonyl (C=O) groups excluding carboxylic acids is 1. The SMILES string of the molecule is CCCCCCC(=O)NCC[C@@H]1CCCN1. The Morgan fingerprint density at radius 2 is 2.25 bits per heavy atom. The minimum Gasteiger partial charge on any atom is -0.356 e. The number of hydrogen-bond donors (Lipinski definition) is 2. The van der Waals surface area contributed by atoms with Gasteiger partial charge in [-0.05, 0) is 32.2 Å². The molecule has 0 bridgehead atoms. The third-order valence-corrected chi connectivity index (χ3v) is 3.23. The first-order chi connectivity index (χ1) is 7.83. The summed E-state index contributed by atoms with van der Waals surface area (Å²) in [4.78, 5) is 11.4. The number of carbonyl (C=O) groups is 1. The zero-order valence-corrected chi connectivity index (χ0v) is 10.6. The van der Waals surface area contributed by atoms with E-state index < -0.39 is 0 Å². The van der Waals surface area contributed by atoms with Crippen molar-refractivity contribution in [3.63, 3.8) is 0 Å². The monoisotopic (exact) mass is 226 g/mol. The van der Waals surface area contributed by atoms with Gasteiger partial charge in [-0.3, -0.25) is 4.79 Å². The molecule has 94 valence electrons. The second kappa shape index (κ2) is 8.57. The molecule has 1 heterocycles. The molecule has 0 spiro atoms. The summed E-state index contributed by atoms with van der Waals surface area (Å²) in [7, 11) is 0. The van der Waals surface area contributed by atoms with Gasteiger partial charge in [0, 0.05) is 19.0 Å².